The predicted molar refractivity (Wildman–Crippen MR) is 44.7 cm³/mol. The third-order valence-electron chi connectivity index (χ3n) is 1.86. The molecule has 1 saturated carbocycles. The van der Waals surface area contributed by atoms with Gasteiger partial charge in [-0.15, -0.1) is 0 Å². The van der Waals surface area contributed by atoms with Crippen molar-refractivity contribution in [3.63, 3.8) is 0 Å². The highest BCUT2D eigenvalue weighted by Gasteiger charge is 2.26. The fourth-order valence-electron chi connectivity index (χ4n) is 0.931. The summed E-state index contributed by atoms with van der Waals surface area (Å²) in [7, 11) is 0. The molecule has 0 atom stereocenters. The van der Waals surface area contributed by atoms with Crippen molar-refractivity contribution in [2.45, 2.75) is 31.5 Å². The SMILES string of the molecule is O=C(CNC1CC1)NCCC(F)(F)F. The number of carbonyl (C=O) groups is 1. The Hall–Kier alpha value is -0.780. The van der Waals surface area contributed by atoms with Crippen LogP contribution in [0.1, 0.15) is 19.3 Å². The van der Waals surface area contributed by atoms with E-state index >= 15 is 0 Å². The van der Waals surface area contributed by atoms with Crippen LogP contribution in [0.3, 0.4) is 0 Å². The lowest BCUT2D eigenvalue weighted by Gasteiger charge is -2.07. The van der Waals surface area contributed by atoms with Gasteiger partial charge in [-0.25, -0.2) is 0 Å². The van der Waals surface area contributed by atoms with E-state index in [0.29, 0.717) is 6.04 Å². The minimum Gasteiger partial charge on any atom is -0.355 e. The van der Waals surface area contributed by atoms with Crippen LogP contribution in [0, 0.1) is 0 Å². The fourth-order valence-corrected chi connectivity index (χ4v) is 0.931. The average Bonchev–Trinajstić information content (AvgIpc) is 2.81. The highest BCUT2D eigenvalue weighted by Crippen LogP contribution is 2.18. The Morgan fingerprint density at radius 2 is 2.00 bits per heavy atom. The van der Waals surface area contributed by atoms with Crippen molar-refractivity contribution >= 4 is 5.91 Å². The molecule has 3 nitrogen and oxygen atoms in total. The van der Waals surface area contributed by atoms with Crippen LogP contribution in [0.25, 0.3) is 0 Å². The van der Waals surface area contributed by atoms with Crippen molar-refractivity contribution in [1.29, 1.82) is 0 Å². The van der Waals surface area contributed by atoms with E-state index < -0.39 is 12.6 Å². The Kier molecular flexibility index (Phi) is 3.74. The molecular formula is C8H13F3N2O. The minimum absolute atomic E-state index is 0.114. The molecule has 0 spiro atoms. The van der Waals surface area contributed by atoms with Crippen molar-refractivity contribution in [3.05, 3.63) is 0 Å². The molecule has 2 N–H and O–H groups in total. The molecule has 0 bridgehead atoms. The van der Waals surface area contributed by atoms with E-state index in [1.54, 1.807) is 0 Å². The molecule has 0 radical (unpaired) electrons. The molecule has 1 aliphatic carbocycles. The molecule has 1 rings (SSSR count). The maximum atomic E-state index is 11.7. The first-order valence-electron chi connectivity index (χ1n) is 4.54. The molecule has 14 heavy (non-hydrogen) atoms. The Balaban J connectivity index is 1.96. The second-order valence-electron chi connectivity index (χ2n) is 3.37. The summed E-state index contributed by atoms with van der Waals surface area (Å²) in [6.45, 7) is -0.225. The Morgan fingerprint density at radius 1 is 1.36 bits per heavy atom. The van der Waals surface area contributed by atoms with E-state index in [2.05, 4.69) is 10.6 Å². The molecule has 82 valence electrons. The zero-order valence-electron chi connectivity index (χ0n) is 7.66. The Labute approximate surface area is 80.0 Å². The lowest BCUT2D eigenvalue weighted by molar-refractivity contribution is -0.135. The molecule has 1 fully saturated rings. The summed E-state index contributed by atoms with van der Waals surface area (Å²) in [6, 6.07) is 0.392. The number of nitrogens with one attached hydrogen (secondary N) is 2. The van der Waals surface area contributed by atoms with Gasteiger partial charge in [0.1, 0.15) is 0 Å². The normalized spacial score (nSPS) is 16.8. The summed E-state index contributed by atoms with van der Waals surface area (Å²) >= 11 is 0. The first kappa shape index (κ1) is 11.3. The molecule has 0 aromatic heterocycles. The molecule has 0 unspecified atom stereocenters. The van der Waals surface area contributed by atoms with Gasteiger partial charge in [-0.05, 0) is 12.8 Å². The Bertz CT molecular complexity index is 201. The fraction of sp³-hybridized carbons (Fsp3) is 0.875. The molecule has 0 heterocycles. The van der Waals surface area contributed by atoms with Gasteiger partial charge in [0.05, 0.1) is 13.0 Å². The summed E-state index contributed by atoms with van der Waals surface area (Å²) in [6.07, 6.45) is -3.06. The third kappa shape index (κ3) is 5.80. The first-order valence-corrected chi connectivity index (χ1v) is 4.54. The van der Waals surface area contributed by atoms with Gasteiger partial charge in [-0.1, -0.05) is 0 Å². The minimum atomic E-state index is -4.20. The molecule has 1 amide bonds. The maximum Gasteiger partial charge on any atom is 0.390 e. The van der Waals surface area contributed by atoms with Crippen LogP contribution in [-0.4, -0.2) is 31.2 Å². The number of amides is 1. The van der Waals surface area contributed by atoms with E-state index in [-0.39, 0.29) is 19.0 Å². The van der Waals surface area contributed by atoms with Gasteiger partial charge in [0, 0.05) is 12.6 Å². The second kappa shape index (κ2) is 4.63. The summed E-state index contributed by atoms with van der Waals surface area (Å²) < 4.78 is 35.0. The maximum absolute atomic E-state index is 11.7. The van der Waals surface area contributed by atoms with Crippen LogP contribution in [0.2, 0.25) is 0 Å². The number of halogens is 3. The quantitative estimate of drug-likeness (QED) is 0.705. The van der Waals surface area contributed by atoms with Gasteiger partial charge < -0.3 is 10.6 Å². The smallest absolute Gasteiger partial charge is 0.355 e. The van der Waals surface area contributed by atoms with Gasteiger partial charge in [-0.2, -0.15) is 13.2 Å². The van der Waals surface area contributed by atoms with Crippen LogP contribution in [-0.2, 0) is 4.79 Å². The molecule has 0 aromatic rings. The predicted octanol–water partition coefficient (Wildman–Crippen LogP) is 0.807. The van der Waals surface area contributed by atoms with Crippen LogP contribution in [0.4, 0.5) is 13.2 Å². The highest BCUT2D eigenvalue weighted by molar-refractivity contribution is 5.78. The van der Waals surface area contributed by atoms with Gasteiger partial charge >= 0.3 is 6.18 Å². The van der Waals surface area contributed by atoms with Crippen molar-refractivity contribution in [2.24, 2.45) is 0 Å². The second-order valence-corrected chi connectivity index (χ2v) is 3.37. The van der Waals surface area contributed by atoms with Gasteiger partial charge in [-0.3, -0.25) is 4.79 Å². The van der Waals surface area contributed by atoms with Crippen LogP contribution in [0.5, 0.6) is 0 Å². The number of hydrogen-bond acceptors (Lipinski definition) is 2. The Morgan fingerprint density at radius 3 is 2.50 bits per heavy atom. The first-order chi connectivity index (χ1) is 6.47. The highest BCUT2D eigenvalue weighted by atomic mass is 19.4. The summed E-state index contributed by atoms with van der Waals surface area (Å²) in [5.74, 6) is -0.374. The van der Waals surface area contributed by atoms with Crippen molar-refractivity contribution in [1.82, 2.24) is 10.6 Å². The largest absolute Gasteiger partial charge is 0.390 e. The zero-order chi connectivity index (χ0) is 10.6. The van der Waals surface area contributed by atoms with E-state index in [9.17, 15) is 18.0 Å². The number of rotatable bonds is 5. The van der Waals surface area contributed by atoms with Gasteiger partial charge in [0.15, 0.2) is 0 Å². The van der Waals surface area contributed by atoms with Crippen LogP contribution >= 0.6 is 0 Å². The van der Waals surface area contributed by atoms with Gasteiger partial charge in [0.25, 0.3) is 0 Å². The average molecular weight is 210 g/mol. The molecule has 0 saturated heterocycles. The summed E-state index contributed by atoms with van der Waals surface area (Å²) in [4.78, 5) is 10.9. The molecule has 6 heteroatoms. The number of hydrogen-bond donors (Lipinski definition) is 2. The summed E-state index contributed by atoms with van der Waals surface area (Å²) in [5.41, 5.74) is 0. The van der Waals surface area contributed by atoms with Crippen molar-refractivity contribution in [2.75, 3.05) is 13.1 Å². The zero-order valence-corrected chi connectivity index (χ0v) is 7.66. The standard InChI is InChI=1S/C8H13F3N2O/c9-8(10,11)3-4-12-7(14)5-13-6-1-2-6/h6,13H,1-5H2,(H,12,14). The molecule has 1 aliphatic rings. The number of carbonyl (C=O) groups excluding carboxylic acids is 1. The van der Waals surface area contributed by atoms with E-state index in [0.717, 1.165) is 12.8 Å². The van der Waals surface area contributed by atoms with Crippen LogP contribution in [0.15, 0.2) is 0 Å². The van der Waals surface area contributed by atoms with Crippen LogP contribution < -0.4 is 10.6 Å². The lowest BCUT2D eigenvalue weighted by atomic mass is 10.4. The van der Waals surface area contributed by atoms with E-state index in [1.165, 1.54) is 0 Å². The number of alkyl halides is 3. The summed E-state index contributed by atoms with van der Waals surface area (Å²) in [5, 5.41) is 5.11. The van der Waals surface area contributed by atoms with Crippen molar-refractivity contribution < 1.29 is 18.0 Å². The topological polar surface area (TPSA) is 41.1 Å². The van der Waals surface area contributed by atoms with Crippen molar-refractivity contribution in [3.8, 4) is 0 Å². The lowest BCUT2D eigenvalue weighted by Crippen LogP contribution is -2.36. The van der Waals surface area contributed by atoms with E-state index in [1.807, 2.05) is 0 Å². The van der Waals surface area contributed by atoms with E-state index in [4.69, 9.17) is 0 Å². The van der Waals surface area contributed by atoms with Gasteiger partial charge in [0.2, 0.25) is 5.91 Å². The third-order valence-corrected chi connectivity index (χ3v) is 1.86. The molecule has 0 aromatic carbocycles. The molecular weight excluding hydrogens is 197 g/mol. The molecule has 0 aliphatic heterocycles. The monoisotopic (exact) mass is 210 g/mol.